The average molecular weight is 391 g/mol. The molecule has 0 unspecified atom stereocenters. The van der Waals surface area contributed by atoms with E-state index < -0.39 is 0 Å². The van der Waals surface area contributed by atoms with Crippen LogP contribution in [-0.2, 0) is 19.5 Å². The Labute approximate surface area is 168 Å². The molecule has 0 atom stereocenters. The molecule has 2 heterocycles. The van der Waals surface area contributed by atoms with Crippen molar-refractivity contribution in [1.29, 1.82) is 0 Å². The molecular formula is C22H21N3O4. The number of benzene rings is 2. The standard InChI is InChI=1S/C22H21N3O4/c1-28-17-6-3-14(4-7-17)9-21-23-11-16-12-25(13-18(16)24-21)22(27)15-5-8-20(29-2)19(26)10-15/h3-8,10-11,26H,9,12-13H2,1-2H3. The minimum Gasteiger partial charge on any atom is -0.504 e. The molecule has 3 aromatic rings. The van der Waals surface area contributed by atoms with Crippen molar-refractivity contribution in [3.05, 3.63) is 76.9 Å². The van der Waals surface area contributed by atoms with Crippen LogP contribution in [0.4, 0.5) is 0 Å². The molecule has 0 bridgehead atoms. The van der Waals surface area contributed by atoms with Crippen molar-refractivity contribution in [2.75, 3.05) is 14.2 Å². The number of hydrogen-bond acceptors (Lipinski definition) is 6. The van der Waals surface area contributed by atoms with Gasteiger partial charge in [-0.05, 0) is 35.9 Å². The van der Waals surface area contributed by atoms with E-state index in [0.717, 1.165) is 22.6 Å². The summed E-state index contributed by atoms with van der Waals surface area (Å²) in [6.45, 7) is 0.864. The Hall–Kier alpha value is -3.61. The number of carbonyl (C=O) groups is 1. The van der Waals surface area contributed by atoms with E-state index in [2.05, 4.69) is 9.97 Å². The second kappa shape index (κ2) is 7.79. The number of amides is 1. The number of ether oxygens (including phenoxy) is 2. The van der Waals surface area contributed by atoms with Crippen LogP contribution in [0.15, 0.2) is 48.7 Å². The van der Waals surface area contributed by atoms with E-state index in [1.165, 1.54) is 13.2 Å². The van der Waals surface area contributed by atoms with Crippen molar-refractivity contribution in [1.82, 2.24) is 14.9 Å². The number of phenols is 1. The summed E-state index contributed by atoms with van der Waals surface area (Å²) >= 11 is 0. The first-order valence-electron chi connectivity index (χ1n) is 9.20. The zero-order valence-electron chi connectivity index (χ0n) is 16.3. The molecule has 0 spiro atoms. The van der Waals surface area contributed by atoms with Gasteiger partial charge >= 0.3 is 0 Å². The number of aromatic nitrogens is 2. The number of rotatable bonds is 5. The van der Waals surface area contributed by atoms with Crippen LogP contribution >= 0.6 is 0 Å². The molecule has 0 fully saturated rings. The fourth-order valence-electron chi connectivity index (χ4n) is 3.36. The first-order chi connectivity index (χ1) is 14.1. The quantitative estimate of drug-likeness (QED) is 0.720. The Morgan fingerprint density at radius 3 is 2.59 bits per heavy atom. The van der Waals surface area contributed by atoms with Crippen LogP contribution in [0.25, 0.3) is 0 Å². The lowest BCUT2D eigenvalue weighted by Crippen LogP contribution is -2.25. The molecule has 1 aliphatic heterocycles. The van der Waals surface area contributed by atoms with Gasteiger partial charge < -0.3 is 19.5 Å². The van der Waals surface area contributed by atoms with E-state index in [1.54, 1.807) is 30.3 Å². The molecule has 1 amide bonds. The normalized spacial score (nSPS) is 12.6. The first kappa shape index (κ1) is 18.7. The SMILES string of the molecule is COc1ccc(Cc2ncc3c(n2)CN(C(=O)c2ccc(OC)c(O)c2)C3)cc1. The van der Waals surface area contributed by atoms with Gasteiger partial charge in [-0.15, -0.1) is 0 Å². The van der Waals surface area contributed by atoms with Gasteiger partial charge in [0.15, 0.2) is 11.5 Å². The second-order valence-electron chi connectivity index (χ2n) is 6.83. The summed E-state index contributed by atoms with van der Waals surface area (Å²) in [7, 11) is 3.11. The Balaban J connectivity index is 1.47. The lowest BCUT2D eigenvalue weighted by molar-refractivity contribution is 0.0750. The van der Waals surface area contributed by atoms with Crippen LogP contribution in [0.3, 0.4) is 0 Å². The third kappa shape index (κ3) is 3.85. The van der Waals surface area contributed by atoms with Crippen molar-refractivity contribution >= 4 is 5.91 Å². The molecule has 0 radical (unpaired) electrons. The molecule has 4 rings (SSSR count). The van der Waals surface area contributed by atoms with Crippen LogP contribution in [0.1, 0.15) is 33.0 Å². The van der Waals surface area contributed by atoms with E-state index in [9.17, 15) is 9.90 Å². The van der Waals surface area contributed by atoms with E-state index in [-0.39, 0.29) is 11.7 Å². The Kier molecular flexibility index (Phi) is 5.03. The number of nitrogens with zero attached hydrogens (tertiary/aromatic N) is 3. The third-order valence-electron chi connectivity index (χ3n) is 4.94. The van der Waals surface area contributed by atoms with Crippen molar-refractivity contribution in [3.8, 4) is 17.2 Å². The maximum Gasteiger partial charge on any atom is 0.254 e. The maximum atomic E-state index is 12.8. The monoisotopic (exact) mass is 391 g/mol. The van der Waals surface area contributed by atoms with Gasteiger partial charge in [0.25, 0.3) is 5.91 Å². The topological polar surface area (TPSA) is 84.8 Å². The minimum absolute atomic E-state index is 0.0587. The van der Waals surface area contributed by atoms with Crippen LogP contribution in [0, 0.1) is 0 Å². The lowest BCUT2D eigenvalue weighted by atomic mass is 10.1. The van der Waals surface area contributed by atoms with Crippen molar-refractivity contribution < 1.29 is 19.4 Å². The highest BCUT2D eigenvalue weighted by Gasteiger charge is 2.26. The molecule has 0 aliphatic carbocycles. The molecule has 1 aliphatic rings. The van der Waals surface area contributed by atoms with Gasteiger partial charge in [-0.1, -0.05) is 12.1 Å². The fourth-order valence-corrected chi connectivity index (χ4v) is 3.36. The van der Waals surface area contributed by atoms with Crippen molar-refractivity contribution in [2.45, 2.75) is 19.5 Å². The van der Waals surface area contributed by atoms with E-state index >= 15 is 0 Å². The highest BCUT2D eigenvalue weighted by Crippen LogP contribution is 2.29. The molecule has 7 nitrogen and oxygen atoms in total. The highest BCUT2D eigenvalue weighted by molar-refractivity contribution is 5.95. The number of carbonyl (C=O) groups excluding carboxylic acids is 1. The number of hydrogen-bond donors (Lipinski definition) is 1. The summed E-state index contributed by atoms with van der Waals surface area (Å²) in [4.78, 5) is 23.6. The number of fused-ring (bicyclic) bond motifs is 1. The third-order valence-corrected chi connectivity index (χ3v) is 4.94. The van der Waals surface area contributed by atoms with Gasteiger partial charge in [0.05, 0.1) is 26.5 Å². The highest BCUT2D eigenvalue weighted by atomic mass is 16.5. The van der Waals surface area contributed by atoms with Crippen LogP contribution < -0.4 is 9.47 Å². The van der Waals surface area contributed by atoms with Crippen LogP contribution in [0.2, 0.25) is 0 Å². The lowest BCUT2D eigenvalue weighted by Gasteiger charge is -2.15. The Morgan fingerprint density at radius 2 is 1.90 bits per heavy atom. The summed E-state index contributed by atoms with van der Waals surface area (Å²) in [5.74, 6) is 1.63. The van der Waals surface area contributed by atoms with Crippen LogP contribution in [-0.4, -0.2) is 40.1 Å². The molecule has 2 aromatic carbocycles. The zero-order chi connectivity index (χ0) is 20.4. The Bertz CT molecular complexity index is 1050. The number of methoxy groups -OCH3 is 2. The van der Waals surface area contributed by atoms with E-state index in [4.69, 9.17) is 9.47 Å². The number of aromatic hydroxyl groups is 1. The molecule has 7 heteroatoms. The summed E-state index contributed by atoms with van der Waals surface area (Å²) in [5, 5.41) is 9.94. The summed E-state index contributed by atoms with van der Waals surface area (Å²) in [6, 6.07) is 12.4. The summed E-state index contributed by atoms with van der Waals surface area (Å²) < 4.78 is 10.2. The predicted octanol–water partition coefficient (Wildman–Crippen LogP) is 2.95. The molecule has 29 heavy (non-hydrogen) atoms. The molecule has 0 saturated heterocycles. The van der Waals surface area contributed by atoms with Crippen LogP contribution in [0.5, 0.6) is 17.2 Å². The minimum atomic E-state index is -0.169. The van der Waals surface area contributed by atoms with Gasteiger partial charge in [0.2, 0.25) is 0 Å². The molecule has 148 valence electrons. The van der Waals surface area contributed by atoms with Gasteiger partial charge in [0, 0.05) is 30.3 Å². The van der Waals surface area contributed by atoms with Crippen molar-refractivity contribution in [3.63, 3.8) is 0 Å². The zero-order valence-corrected chi connectivity index (χ0v) is 16.3. The summed E-state index contributed by atoms with van der Waals surface area (Å²) in [6.07, 6.45) is 2.40. The van der Waals surface area contributed by atoms with Gasteiger partial charge in [0.1, 0.15) is 11.6 Å². The smallest absolute Gasteiger partial charge is 0.254 e. The molecule has 1 N–H and O–H groups in total. The molecule has 1 aromatic heterocycles. The van der Waals surface area contributed by atoms with Gasteiger partial charge in [-0.2, -0.15) is 0 Å². The van der Waals surface area contributed by atoms with Crippen molar-refractivity contribution in [2.24, 2.45) is 0 Å². The predicted molar refractivity (Wildman–Crippen MR) is 106 cm³/mol. The summed E-state index contributed by atoms with van der Waals surface area (Å²) in [5.41, 5.74) is 3.29. The van der Waals surface area contributed by atoms with Gasteiger partial charge in [-0.3, -0.25) is 4.79 Å². The van der Waals surface area contributed by atoms with Gasteiger partial charge in [-0.25, -0.2) is 9.97 Å². The first-order valence-corrected chi connectivity index (χ1v) is 9.20. The molecular weight excluding hydrogens is 370 g/mol. The van der Waals surface area contributed by atoms with E-state index in [0.29, 0.717) is 36.6 Å². The Morgan fingerprint density at radius 1 is 1.10 bits per heavy atom. The maximum absolute atomic E-state index is 12.8. The average Bonchev–Trinajstić information content (AvgIpc) is 3.17. The molecule has 0 saturated carbocycles. The number of phenolic OH excluding ortho intramolecular Hbond substituents is 1. The largest absolute Gasteiger partial charge is 0.504 e. The fraction of sp³-hybridized carbons (Fsp3) is 0.227. The van der Waals surface area contributed by atoms with E-state index in [1.807, 2.05) is 24.3 Å². The second-order valence-corrected chi connectivity index (χ2v) is 6.83.